The zero-order chi connectivity index (χ0) is 58.3. The summed E-state index contributed by atoms with van der Waals surface area (Å²) in [5.74, 6) is -7.26. The third-order valence-electron chi connectivity index (χ3n) is 14.8. The fraction of sp³-hybridized carbons (Fsp3) is 0.600. The van der Waals surface area contributed by atoms with Crippen molar-refractivity contribution in [2.24, 2.45) is 17.2 Å². The van der Waals surface area contributed by atoms with Crippen molar-refractivity contribution >= 4 is 71.0 Å². The Kier molecular flexibility index (Phi) is 25.9. The highest BCUT2D eigenvalue weighted by molar-refractivity contribution is 7.98. The number of aromatic hydroxyl groups is 1. The monoisotopic (exact) mass is 1140 g/mol. The second-order valence-electron chi connectivity index (χ2n) is 20.7. The minimum Gasteiger partial charge on any atom is -0.508 e. The van der Waals surface area contributed by atoms with Gasteiger partial charge in [-0.15, -0.1) is 0 Å². The summed E-state index contributed by atoms with van der Waals surface area (Å²) < 4.78 is 0. The summed E-state index contributed by atoms with van der Waals surface area (Å²) in [6.45, 7) is 1.12. The topological polar surface area (TPSA) is 379 Å². The SMILES string of the molecule is CSCC[C@H](NC(=O)[C@H](CCC(=O)O)NC(=O)[C@@H](N)CCCCN)C(=O)N1CCC[C@H]1C(=O)N[C@@H](Cc1ccccc1)C(=O)N1CCC[C@H]1C(=O)N[C@@H](CCCCN)C(=O)N[C@@H](Cc1ccc(O)cc1)C(=O)N1CCC[C@H]1C(=O)O. The van der Waals surface area contributed by atoms with Crippen LogP contribution in [-0.4, -0.2) is 188 Å². The summed E-state index contributed by atoms with van der Waals surface area (Å²) in [6.07, 6.45) is 5.53. The molecule has 3 heterocycles. The average Bonchev–Trinajstić information content (AvgIpc) is 4.26. The maximum atomic E-state index is 14.9. The van der Waals surface area contributed by atoms with E-state index in [1.807, 2.05) is 6.26 Å². The van der Waals surface area contributed by atoms with E-state index in [-0.39, 0.29) is 83.2 Å². The number of aliphatic carboxylic acids is 2. The fourth-order valence-corrected chi connectivity index (χ4v) is 10.9. The molecule has 80 heavy (non-hydrogen) atoms. The molecule has 440 valence electrons. The lowest BCUT2D eigenvalue weighted by Crippen LogP contribution is -2.60. The number of carbonyl (C=O) groups excluding carboxylic acids is 8. The number of likely N-dealkylation sites (tertiary alicyclic amines) is 3. The van der Waals surface area contributed by atoms with E-state index in [2.05, 4.69) is 26.6 Å². The van der Waals surface area contributed by atoms with Gasteiger partial charge in [-0.25, -0.2) is 4.79 Å². The summed E-state index contributed by atoms with van der Waals surface area (Å²) in [7, 11) is 0. The standard InChI is InChI=1S/C55H81N11O13S/c1-80-31-25-40(61-49(72)39(23-24-46(68)69)59-47(70)37(58)14-5-7-26-56)52(75)64-28-9-17-44(64)51(74)63-42(32-34-12-3-2-4-13-34)53(76)65-29-10-16-43(65)50(73)60-38(15-6-8-27-57)48(71)62-41(33-35-19-21-36(67)22-20-35)54(77)66-30-11-18-45(66)55(78)79/h2-4,12-13,19-22,37-45,67H,5-11,14-18,23-33,56-58H2,1H3,(H,59,70)(H,60,73)(H,61,72)(H,62,71)(H,63,74)(H,68,69)(H,78,79)/t37-,38-,39-,40-,41-,42-,43-,44-,45-/m0/s1. The number of unbranched alkanes of at least 4 members (excludes halogenated alkanes) is 2. The molecule has 2 aromatic rings. The number of thioether (sulfide) groups is 1. The van der Waals surface area contributed by atoms with Crippen LogP contribution in [0.5, 0.6) is 5.75 Å². The quantitative estimate of drug-likeness (QED) is 0.0425. The van der Waals surface area contributed by atoms with E-state index in [1.165, 1.54) is 38.6 Å². The van der Waals surface area contributed by atoms with E-state index in [0.29, 0.717) is 74.9 Å². The highest BCUT2D eigenvalue weighted by Gasteiger charge is 2.44. The molecule has 25 heteroatoms. The molecule has 5 rings (SSSR count). The second kappa shape index (κ2) is 32.4. The predicted molar refractivity (Wildman–Crippen MR) is 297 cm³/mol. The van der Waals surface area contributed by atoms with E-state index in [0.717, 1.165) is 0 Å². The number of carboxylic acids is 2. The molecule has 0 aliphatic carbocycles. The smallest absolute Gasteiger partial charge is 0.326 e. The van der Waals surface area contributed by atoms with Crippen LogP contribution in [0.15, 0.2) is 54.6 Å². The first-order valence-electron chi connectivity index (χ1n) is 27.7. The molecule has 0 radical (unpaired) electrons. The third kappa shape index (κ3) is 18.9. The van der Waals surface area contributed by atoms with Crippen LogP contribution in [0.2, 0.25) is 0 Å². The van der Waals surface area contributed by atoms with Crippen LogP contribution in [0.1, 0.15) is 107 Å². The molecule has 3 aliphatic rings. The van der Waals surface area contributed by atoms with Gasteiger partial charge in [-0.3, -0.25) is 43.2 Å². The molecule has 14 N–H and O–H groups in total. The number of amides is 8. The number of nitrogens with one attached hydrogen (secondary N) is 5. The minimum absolute atomic E-state index is 0.00374. The maximum Gasteiger partial charge on any atom is 0.326 e. The maximum absolute atomic E-state index is 14.9. The summed E-state index contributed by atoms with van der Waals surface area (Å²) in [6, 6.07) is 4.44. The largest absolute Gasteiger partial charge is 0.508 e. The van der Waals surface area contributed by atoms with E-state index in [1.54, 1.807) is 42.5 Å². The van der Waals surface area contributed by atoms with Gasteiger partial charge < -0.3 is 73.8 Å². The van der Waals surface area contributed by atoms with Crippen LogP contribution in [0.3, 0.4) is 0 Å². The van der Waals surface area contributed by atoms with Crippen molar-refractivity contribution in [1.82, 2.24) is 41.3 Å². The van der Waals surface area contributed by atoms with Crippen molar-refractivity contribution in [3.8, 4) is 5.75 Å². The first kappa shape index (κ1) is 64.0. The number of carboxylic acid groups (broad SMARTS) is 2. The van der Waals surface area contributed by atoms with E-state index in [9.17, 15) is 63.3 Å². The molecule has 3 aliphatic heterocycles. The molecule has 0 unspecified atom stereocenters. The van der Waals surface area contributed by atoms with Gasteiger partial charge >= 0.3 is 11.9 Å². The van der Waals surface area contributed by atoms with Gasteiger partial charge in [0.1, 0.15) is 54.1 Å². The van der Waals surface area contributed by atoms with Gasteiger partial charge in [0.05, 0.1) is 6.04 Å². The lowest BCUT2D eigenvalue weighted by Gasteiger charge is -2.33. The minimum atomic E-state index is -1.35. The van der Waals surface area contributed by atoms with E-state index >= 15 is 0 Å². The number of carbonyl (C=O) groups is 10. The highest BCUT2D eigenvalue weighted by atomic mass is 32.2. The molecule has 0 spiro atoms. The number of hydrogen-bond donors (Lipinski definition) is 11. The molecule has 3 fully saturated rings. The van der Waals surface area contributed by atoms with Gasteiger partial charge in [0.2, 0.25) is 47.3 Å². The Morgan fingerprint density at radius 1 is 0.550 bits per heavy atom. The van der Waals surface area contributed by atoms with Crippen molar-refractivity contribution < 1.29 is 63.3 Å². The van der Waals surface area contributed by atoms with Crippen LogP contribution >= 0.6 is 11.8 Å². The Balaban J connectivity index is 1.34. The molecule has 8 amide bonds. The van der Waals surface area contributed by atoms with Gasteiger partial charge in [-0.05, 0) is 132 Å². The number of nitrogens with two attached hydrogens (primary N) is 3. The van der Waals surface area contributed by atoms with Crippen molar-refractivity contribution in [3.63, 3.8) is 0 Å². The summed E-state index contributed by atoms with van der Waals surface area (Å²) >= 11 is 1.41. The van der Waals surface area contributed by atoms with Crippen molar-refractivity contribution in [1.29, 1.82) is 0 Å². The van der Waals surface area contributed by atoms with Gasteiger partial charge in [-0.2, -0.15) is 11.8 Å². The van der Waals surface area contributed by atoms with Gasteiger partial charge in [0.25, 0.3) is 0 Å². The van der Waals surface area contributed by atoms with Crippen LogP contribution in [0.25, 0.3) is 0 Å². The molecule has 0 saturated carbocycles. The first-order valence-corrected chi connectivity index (χ1v) is 29.1. The van der Waals surface area contributed by atoms with Crippen molar-refractivity contribution in [2.75, 3.05) is 44.7 Å². The number of nitrogens with zero attached hydrogens (tertiary/aromatic N) is 3. The van der Waals surface area contributed by atoms with Gasteiger partial charge in [0.15, 0.2) is 0 Å². The highest BCUT2D eigenvalue weighted by Crippen LogP contribution is 2.25. The van der Waals surface area contributed by atoms with Crippen LogP contribution in [0.4, 0.5) is 0 Å². The Morgan fingerprint density at radius 3 is 1.52 bits per heavy atom. The molecule has 0 aromatic heterocycles. The Morgan fingerprint density at radius 2 is 1.00 bits per heavy atom. The number of phenolic OH excluding ortho intramolecular Hbond substituents is 1. The Hall–Kier alpha value is -6.83. The number of benzene rings is 2. The second-order valence-corrected chi connectivity index (χ2v) is 21.6. The number of rotatable bonds is 32. The molecule has 2 aromatic carbocycles. The molecule has 3 saturated heterocycles. The molecular formula is C55H81N11O13S. The number of phenols is 1. The van der Waals surface area contributed by atoms with E-state index in [4.69, 9.17) is 17.2 Å². The van der Waals surface area contributed by atoms with Gasteiger partial charge in [0, 0.05) is 38.9 Å². The predicted octanol–water partition coefficient (Wildman–Crippen LogP) is -0.138. The van der Waals surface area contributed by atoms with Crippen LogP contribution < -0.4 is 43.8 Å². The molecule has 24 nitrogen and oxygen atoms in total. The van der Waals surface area contributed by atoms with Crippen molar-refractivity contribution in [3.05, 3.63) is 65.7 Å². The fourth-order valence-electron chi connectivity index (χ4n) is 10.4. The lowest BCUT2D eigenvalue weighted by atomic mass is 10.0. The zero-order valence-electron chi connectivity index (χ0n) is 45.6. The molecule has 9 atom stereocenters. The average molecular weight is 1140 g/mol. The molecule has 0 bridgehead atoms. The number of hydrogen-bond acceptors (Lipinski definition) is 15. The zero-order valence-corrected chi connectivity index (χ0v) is 46.4. The first-order chi connectivity index (χ1) is 38.4. The van der Waals surface area contributed by atoms with Gasteiger partial charge in [-0.1, -0.05) is 48.9 Å². The van der Waals surface area contributed by atoms with E-state index < -0.39 is 120 Å². The van der Waals surface area contributed by atoms with Crippen LogP contribution in [0, 0.1) is 0 Å². The summed E-state index contributed by atoms with van der Waals surface area (Å²) in [5, 5.41) is 43.1. The normalized spacial score (nSPS) is 19.2. The molecular weight excluding hydrogens is 1050 g/mol. The van der Waals surface area contributed by atoms with Crippen molar-refractivity contribution in [2.45, 2.75) is 164 Å². The summed E-state index contributed by atoms with van der Waals surface area (Å²) in [5.41, 5.74) is 18.7. The third-order valence-corrected chi connectivity index (χ3v) is 15.4. The summed E-state index contributed by atoms with van der Waals surface area (Å²) in [4.78, 5) is 141. The van der Waals surface area contributed by atoms with Crippen LogP contribution in [-0.2, 0) is 60.8 Å². The Labute approximate surface area is 470 Å². The Bertz CT molecular complexity index is 2440. The lowest BCUT2D eigenvalue weighted by molar-refractivity contribution is -0.149.